The molecule has 4 rings (SSSR count). The number of thiazole rings is 1. The molecule has 3 atom stereocenters. The third kappa shape index (κ3) is 3.83. The molecule has 1 aliphatic heterocycles. The molecule has 150 valence electrons. The smallest absolute Gasteiger partial charge is 0.276 e. The number of rotatable bonds is 4. The van der Waals surface area contributed by atoms with Crippen molar-refractivity contribution in [3.8, 4) is 0 Å². The van der Waals surface area contributed by atoms with Crippen LogP contribution in [0.15, 0.2) is 16.1 Å². The molecule has 2 aromatic heterocycles. The molecule has 1 saturated heterocycles. The molecular weight excluding hydrogens is 376 g/mol. The van der Waals surface area contributed by atoms with Gasteiger partial charge in [0.2, 0.25) is 5.91 Å². The summed E-state index contributed by atoms with van der Waals surface area (Å²) in [6.45, 7) is 5.01. The van der Waals surface area contributed by atoms with E-state index in [2.05, 4.69) is 22.4 Å². The lowest BCUT2D eigenvalue weighted by molar-refractivity contribution is -0.120. The number of aryl methyl sites for hydroxylation is 1. The van der Waals surface area contributed by atoms with Crippen LogP contribution in [-0.2, 0) is 17.6 Å². The van der Waals surface area contributed by atoms with E-state index in [-0.39, 0.29) is 23.8 Å². The van der Waals surface area contributed by atoms with Gasteiger partial charge in [-0.25, -0.2) is 4.98 Å². The molecule has 0 radical (unpaired) electrons. The van der Waals surface area contributed by atoms with Gasteiger partial charge in [-0.3, -0.25) is 9.59 Å². The first kappa shape index (κ1) is 19.1. The van der Waals surface area contributed by atoms with Gasteiger partial charge in [0.1, 0.15) is 10.8 Å². The normalized spacial score (nSPS) is 23.1. The van der Waals surface area contributed by atoms with E-state index in [1.54, 1.807) is 6.20 Å². The van der Waals surface area contributed by atoms with Gasteiger partial charge in [0.05, 0.1) is 6.04 Å². The summed E-state index contributed by atoms with van der Waals surface area (Å²) >= 11 is 1.54. The molecule has 7 nitrogen and oxygen atoms in total. The Kier molecular flexibility index (Phi) is 5.48. The Balaban J connectivity index is 1.53. The van der Waals surface area contributed by atoms with Gasteiger partial charge in [0.25, 0.3) is 5.91 Å². The van der Waals surface area contributed by atoms with Gasteiger partial charge in [0.15, 0.2) is 5.69 Å². The van der Waals surface area contributed by atoms with Gasteiger partial charge < -0.3 is 14.7 Å². The van der Waals surface area contributed by atoms with Crippen molar-refractivity contribution in [1.29, 1.82) is 0 Å². The first-order chi connectivity index (χ1) is 13.5. The van der Waals surface area contributed by atoms with E-state index in [1.165, 1.54) is 18.3 Å². The second-order valence-electron chi connectivity index (χ2n) is 7.98. The first-order valence-electron chi connectivity index (χ1n) is 9.96. The summed E-state index contributed by atoms with van der Waals surface area (Å²) < 4.78 is 5.47. The van der Waals surface area contributed by atoms with Crippen molar-refractivity contribution in [2.24, 2.45) is 11.8 Å². The average molecular weight is 403 g/mol. The molecule has 1 fully saturated rings. The number of likely N-dealkylation sites (tertiary alicyclic amines) is 1. The van der Waals surface area contributed by atoms with Crippen molar-refractivity contribution in [2.75, 3.05) is 13.1 Å². The molecule has 3 unspecified atom stereocenters. The molecule has 28 heavy (non-hydrogen) atoms. The Morgan fingerprint density at radius 1 is 1.39 bits per heavy atom. The predicted molar refractivity (Wildman–Crippen MR) is 105 cm³/mol. The average Bonchev–Trinajstić information content (AvgIpc) is 3.35. The lowest BCUT2D eigenvalue weighted by atomic mass is 9.87. The van der Waals surface area contributed by atoms with Crippen LogP contribution < -0.4 is 5.32 Å². The highest BCUT2D eigenvalue weighted by molar-refractivity contribution is 7.09. The number of nitrogens with zero attached hydrogens (tertiary/aromatic N) is 3. The lowest BCUT2D eigenvalue weighted by Gasteiger charge is -2.36. The van der Waals surface area contributed by atoms with Crippen LogP contribution >= 0.6 is 11.3 Å². The largest absolute Gasteiger partial charge is 0.360 e. The van der Waals surface area contributed by atoms with Crippen LogP contribution in [0.5, 0.6) is 0 Å². The van der Waals surface area contributed by atoms with Gasteiger partial charge >= 0.3 is 0 Å². The minimum atomic E-state index is -0.167. The molecule has 2 aromatic rings. The number of hydrogen-bond acceptors (Lipinski definition) is 6. The molecule has 0 spiro atoms. The second-order valence-corrected chi connectivity index (χ2v) is 8.91. The maximum absolute atomic E-state index is 13.2. The van der Waals surface area contributed by atoms with Crippen molar-refractivity contribution < 1.29 is 14.1 Å². The van der Waals surface area contributed by atoms with E-state index in [0.717, 1.165) is 48.4 Å². The quantitative estimate of drug-likeness (QED) is 0.849. The summed E-state index contributed by atoms with van der Waals surface area (Å²) in [6, 6.07) is -0.167. The zero-order chi connectivity index (χ0) is 19.7. The summed E-state index contributed by atoms with van der Waals surface area (Å²) in [5.41, 5.74) is 1.47. The predicted octanol–water partition coefficient (Wildman–Crippen LogP) is 2.99. The SMILES string of the molecule is CC(=O)NC(c1nccs1)C1CCCN(C(=O)c2noc3c2CC(C)CC3)C1. The van der Waals surface area contributed by atoms with E-state index in [9.17, 15) is 9.59 Å². The highest BCUT2D eigenvalue weighted by atomic mass is 32.1. The summed E-state index contributed by atoms with van der Waals surface area (Å²) in [4.78, 5) is 31.2. The zero-order valence-corrected chi connectivity index (χ0v) is 17.1. The number of nitrogens with one attached hydrogen (secondary N) is 1. The third-order valence-electron chi connectivity index (χ3n) is 5.78. The molecule has 0 saturated carbocycles. The summed E-state index contributed by atoms with van der Waals surface area (Å²) in [5.74, 6) is 1.41. The number of aromatic nitrogens is 2. The molecule has 1 aliphatic carbocycles. The van der Waals surface area contributed by atoms with Crippen LogP contribution in [0, 0.1) is 11.8 Å². The van der Waals surface area contributed by atoms with E-state index in [1.807, 2.05) is 10.3 Å². The second kappa shape index (κ2) is 8.03. The molecule has 0 bridgehead atoms. The summed E-state index contributed by atoms with van der Waals surface area (Å²) in [5, 5.41) is 9.97. The van der Waals surface area contributed by atoms with Crippen molar-refractivity contribution in [2.45, 2.75) is 52.0 Å². The van der Waals surface area contributed by atoms with Crippen molar-refractivity contribution >= 4 is 23.2 Å². The van der Waals surface area contributed by atoms with Crippen molar-refractivity contribution in [3.63, 3.8) is 0 Å². The first-order valence-corrected chi connectivity index (χ1v) is 10.8. The Morgan fingerprint density at radius 2 is 2.25 bits per heavy atom. The van der Waals surface area contributed by atoms with E-state index >= 15 is 0 Å². The number of carbonyl (C=O) groups excluding carboxylic acids is 2. The van der Waals surface area contributed by atoms with Crippen LogP contribution in [0.4, 0.5) is 0 Å². The molecule has 2 amide bonds. The Morgan fingerprint density at radius 3 is 3.00 bits per heavy atom. The minimum Gasteiger partial charge on any atom is -0.360 e. The monoisotopic (exact) mass is 402 g/mol. The molecule has 8 heteroatoms. The van der Waals surface area contributed by atoms with Crippen LogP contribution in [0.2, 0.25) is 0 Å². The Bertz CT molecular complexity index is 848. The molecule has 3 heterocycles. The van der Waals surface area contributed by atoms with Crippen molar-refractivity contribution in [1.82, 2.24) is 20.4 Å². The number of hydrogen-bond donors (Lipinski definition) is 1. The molecule has 0 aromatic carbocycles. The van der Waals surface area contributed by atoms with Gasteiger partial charge in [-0.1, -0.05) is 12.1 Å². The number of piperidine rings is 1. The molecule has 1 N–H and O–H groups in total. The zero-order valence-electron chi connectivity index (χ0n) is 16.3. The van der Waals surface area contributed by atoms with Crippen LogP contribution in [0.3, 0.4) is 0 Å². The Labute approximate surface area is 168 Å². The van der Waals surface area contributed by atoms with Gasteiger partial charge in [-0.05, 0) is 31.6 Å². The van der Waals surface area contributed by atoms with E-state index < -0.39 is 0 Å². The van der Waals surface area contributed by atoms with E-state index in [4.69, 9.17) is 4.52 Å². The topological polar surface area (TPSA) is 88.3 Å². The fourth-order valence-electron chi connectivity index (χ4n) is 4.35. The van der Waals surface area contributed by atoms with Gasteiger partial charge in [-0.2, -0.15) is 0 Å². The standard InChI is InChI=1S/C20H26N4O3S/c1-12-5-6-16-15(10-12)18(23-27-16)20(26)24-8-3-4-14(11-24)17(22-13(2)25)19-21-7-9-28-19/h7,9,12,14,17H,3-6,8,10-11H2,1-2H3,(H,22,25). The van der Waals surface area contributed by atoms with Crippen LogP contribution in [-0.4, -0.2) is 39.9 Å². The lowest BCUT2D eigenvalue weighted by Crippen LogP contribution is -2.45. The van der Waals surface area contributed by atoms with E-state index in [0.29, 0.717) is 24.7 Å². The fourth-order valence-corrected chi connectivity index (χ4v) is 5.13. The van der Waals surface area contributed by atoms with Crippen LogP contribution in [0.25, 0.3) is 0 Å². The van der Waals surface area contributed by atoms with Crippen LogP contribution in [0.1, 0.15) is 66.0 Å². The Hall–Kier alpha value is -2.22. The van der Waals surface area contributed by atoms with Crippen molar-refractivity contribution in [3.05, 3.63) is 33.6 Å². The summed E-state index contributed by atoms with van der Waals surface area (Å²) in [7, 11) is 0. The van der Waals surface area contributed by atoms with Gasteiger partial charge in [0, 0.05) is 49.5 Å². The maximum Gasteiger partial charge on any atom is 0.276 e. The highest BCUT2D eigenvalue weighted by Crippen LogP contribution is 2.33. The fraction of sp³-hybridized carbons (Fsp3) is 0.600. The number of amides is 2. The number of carbonyl (C=O) groups is 2. The summed E-state index contributed by atoms with van der Waals surface area (Å²) in [6.07, 6.45) is 6.38. The minimum absolute atomic E-state index is 0.0514. The number of fused-ring (bicyclic) bond motifs is 1. The third-order valence-corrected chi connectivity index (χ3v) is 6.64. The maximum atomic E-state index is 13.2. The highest BCUT2D eigenvalue weighted by Gasteiger charge is 2.35. The molecule has 2 aliphatic rings. The molecular formula is C20H26N4O3S. The van der Waals surface area contributed by atoms with Gasteiger partial charge in [-0.15, -0.1) is 11.3 Å².